The zero-order chi connectivity index (χ0) is 20.8. The topological polar surface area (TPSA) is 63.2 Å². The summed E-state index contributed by atoms with van der Waals surface area (Å²) < 4.78 is 29.6. The molecule has 2 saturated heterocycles. The summed E-state index contributed by atoms with van der Waals surface area (Å²) in [6, 6.07) is 0. The second-order valence-electron chi connectivity index (χ2n) is 10.6. The highest BCUT2D eigenvalue weighted by Gasteiger charge is 2.76. The van der Waals surface area contributed by atoms with Crippen molar-refractivity contribution < 1.29 is 28.5 Å². The molecule has 0 aromatic heterocycles. The summed E-state index contributed by atoms with van der Waals surface area (Å²) >= 11 is 0. The van der Waals surface area contributed by atoms with Crippen molar-refractivity contribution in [1.29, 1.82) is 0 Å². The lowest BCUT2D eigenvalue weighted by atomic mass is 9.46. The number of ketones is 1. The molecular formula is C24H32O6. The summed E-state index contributed by atoms with van der Waals surface area (Å²) in [5.41, 5.74) is 0.277. The first kappa shape index (κ1) is 19.5. The summed E-state index contributed by atoms with van der Waals surface area (Å²) in [6.45, 7) is 5.37. The van der Waals surface area contributed by atoms with Crippen LogP contribution in [0.4, 0.5) is 0 Å². The van der Waals surface area contributed by atoms with Gasteiger partial charge in [-0.05, 0) is 49.2 Å². The number of carbonyl (C=O) groups excluding carboxylic acids is 1. The number of hydrogen-bond acceptors (Lipinski definition) is 6. The first-order valence-electron chi connectivity index (χ1n) is 11.4. The van der Waals surface area contributed by atoms with Crippen LogP contribution in [0, 0.1) is 28.6 Å². The van der Waals surface area contributed by atoms with Crippen LogP contribution in [0.3, 0.4) is 0 Å². The normalized spacial score (nSPS) is 52.1. The number of allylic oxidation sites excluding steroid dienone is 4. The number of ether oxygens (including phenoxy) is 5. The minimum Gasteiger partial charge on any atom is -0.501 e. The van der Waals surface area contributed by atoms with Crippen LogP contribution in [0.15, 0.2) is 23.5 Å². The fourth-order valence-electron chi connectivity index (χ4n) is 8.27. The molecule has 6 aliphatic rings. The number of rotatable bonds is 1. The molecule has 4 fully saturated rings. The van der Waals surface area contributed by atoms with Gasteiger partial charge in [-0.15, -0.1) is 0 Å². The maximum absolute atomic E-state index is 13.9. The zero-order valence-electron chi connectivity index (χ0n) is 18.2. The van der Waals surface area contributed by atoms with Crippen LogP contribution in [0.1, 0.15) is 52.4 Å². The van der Waals surface area contributed by atoms with Gasteiger partial charge >= 0.3 is 0 Å². The second-order valence-corrected chi connectivity index (χ2v) is 10.6. The summed E-state index contributed by atoms with van der Waals surface area (Å²) in [6.07, 6.45) is 9.79. The average molecular weight is 417 g/mol. The van der Waals surface area contributed by atoms with Gasteiger partial charge in [-0.25, -0.2) is 0 Å². The Morgan fingerprint density at radius 3 is 2.73 bits per heavy atom. The van der Waals surface area contributed by atoms with E-state index in [0.717, 1.165) is 37.9 Å². The minimum atomic E-state index is -0.871. The van der Waals surface area contributed by atoms with E-state index in [1.165, 1.54) is 5.57 Å². The average Bonchev–Trinajstić information content (AvgIpc) is 3.42. The van der Waals surface area contributed by atoms with Crippen molar-refractivity contribution in [1.82, 2.24) is 0 Å². The van der Waals surface area contributed by atoms with Gasteiger partial charge < -0.3 is 23.7 Å². The molecule has 0 aromatic carbocycles. The quantitative estimate of drug-likeness (QED) is 0.649. The van der Waals surface area contributed by atoms with Gasteiger partial charge in [0.15, 0.2) is 13.6 Å². The standard InChI is InChI=1S/C24H32O6/c1-21-8-6-16(26-3)10-15(21)4-5-17-18-7-9-23(22(18,2)11-19(25)20(17)21)24(30-14-28-23)12-27-13-29-24/h4,10,17-18,20H,5-9,11-14H2,1-3H3/t17-,18+,20+,21-,22-,23-,24+/m0/s1. The number of fused-ring (bicyclic) bond motifs is 7. The first-order valence-corrected chi connectivity index (χ1v) is 11.4. The number of carbonyl (C=O) groups is 1. The molecule has 0 N–H and O–H groups in total. The van der Waals surface area contributed by atoms with Crippen molar-refractivity contribution >= 4 is 5.78 Å². The van der Waals surface area contributed by atoms with Crippen LogP contribution in [-0.4, -0.2) is 44.5 Å². The van der Waals surface area contributed by atoms with Gasteiger partial charge in [0.1, 0.15) is 18.0 Å². The van der Waals surface area contributed by atoms with Crippen molar-refractivity contribution in [3.63, 3.8) is 0 Å². The van der Waals surface area contributed by atoms with Gasteiger partial charge in [-0.1, -0.05) is 19.9 Å². The molecule has 2 saturated carbocycles. The number of methoxy groups -OCH3 is 1. The number of Topliss-reactive ketones (excluding diaryl/α,β-unsaturated/α-hetero) is 1. The van der Waals surface area contributed by atoms with Crippen LogP contribution in [0.2, 0.25) is 0 Å². The van der Waals surface area contributed by atoms with Gasteiger partial charge in [0.25, 0.3) is 0 Å². The van der Waals surface area contributed by atoms with Crippen molar-refractivity contribution in [2.24, 2.45) is 28.6 Å². The van der Waals surface area contributed by atoms with Crippen LogP contribution < -0.4 is 0 Å². The molecule has 0 bridgehead atoms. The molecule has 30 heavy (non-hydrogen) atoms. The zero-order valence-corrected chi connectivity index (χ0v) is 18.2. The summed E-state index contributed by atoms with van der Waals surface area (Å²) in [5.74, 6) is 1.36. The van der Waals surface area contributed by atoms with Crippen LogP contribution in [-0.2, 0) is 28.5 Å². The molecule has 2 heterocycles. The van der Waals surface area contributed by atoms with E-state index in [2.05, 4.69) is 26.0 Å². The van der Waals surface area contributed by atoms with E-state index in [9.17, 15) is 4.79 Å². The SMILES string of the molecule is COC1=CC2=CC[C@H]3[C@H]4CC[C@]5(OCO[C@]56COCO6)[C@@]4(C)CC(=O)[C@@H]3[C@@]2(C)CC1. The Morgan fingerprint density at radius 1 is 1.13 bits per heavy atom. The van der Waals surface area contributed by atoms with E-state index in [0.29, 0.717) is 30.6 Å². The monoisotopic (exact) mass is 416 g/mol. The third kappa shape index (κ3) is 2.11. The molecule has 6 rings (SSSR count). The Morgan fingerprint density at radius 2 is 1.97 bits per heavy atom. The van der Waals surface area contributed by atoms with Gasteiger partial charge in [0, 0.05) is 29.6 Å². The molecule has 0 radical (unpaired) electrons. The van der Waals surface area contributed by atoms with E-state index >= 15 is 0 Å². The molecule has 2 spiro atoms. The molecule has 164 valence electrons. The van der Waals surface area contributed by atoms with Crippen molar-refractivity contribution in [3.05, 3.63) is 23.5 Å². The highest BCUT2D eigenvalue weighted by molar-refractivity contribution is 5.85. The largest absolute Gasteiger partial charge is 0.501 e. The summed E-state index contributed by atoms with van der Waals surface area (Å²) in [4.78, 5) is 13.9. The first-order chi connectivity index (χ1) is 14.4. The Bertz CT molecular complexity index is 835. The maximum atomic E-state index is 13.9. The maximum Gasteiger partial charge on any atom is 0.226 e. The highest BCUT2D eigenvalue weighted by Crippen LogP contribution is 2.70. The molecule has 0 aromatic rings. The van der Waals surface area contributed by atoms with Crippen molar-refractivity contribution in [3.8, 4) is 0 Å². The van der Waals surface area contributed by atoms with E-state index in [1.807, 2.05) is 0 Å². The summed E-state index contributed by atoms with van der Waals surface area (Å²) in [5, 5.41) is 0. The molecule has 7 atom stereocenters. The van der Waals surface area contributed by atoms with E-state index in [1.54, 1.807) is 7.11 Å². The van der Waals surface area contributed by atoms with E-state index in [4.69, 9.17) is 23.7 Å². The number of hydrogen-bond donors (Lipinski definition) is 0. The molecule has 6 nitrogen and oxygen atoms in total. The molecule has 0 unspecified atom stereocenters. The van der Waals surface area contributed by atoms with E-state index in [-0.39, 0.29) is 30.3 Å². The lowest BCUT2D eigenvalue weighted by molar-refractivity contribution is -0.245. The van der Waals surface area contributed by atoms with E-state index < -0.39 is 11.4 Å². The van der Waals surface area contributed by atoms with Crippen molar-refractivity contribution in [2.75, 3.05) is 27.3 Å². The third-order valence-electron chi connectivity index (χ3n) is 9.69. The fourth-order valence-corrected chi connectivity index (χ4v) is 8.27. The minimum absolute atomic E-state index is 0.0689. The Hall–Kier alpha value is -1.21. The Balaban J connectivity index is 1.41. The fraction of sp³-hybridized carbons (Fsp3) is 0.792. The smallest absolute Gasteiger partial charge is 0.226 e. The van der Waals surface area contributed by atoms with Crippen LogP contribution in [0.25, 0.3) is 0 Å². The highest BCUT2D eigenvalue weighted by atomic mass is 16.9. The van der Waals surface area contributed by atoms with Crippen molar-refractivity contribution in [2.45, 2.75) is 63.8 Å². The predicted octanol–water partition coefficient (Wildman–Crippen LogP) is 3.71. The Labute approximate surface area is 177 Å². The molecule has 6 heteroatoms. The molecule has 2 aliphatic heterocycles. The van der Waals surface area contributed by atoms with Crippen LogP contribution >= 0.6 is 0 Å². The molecular weight excluding hydrogens is 384 g/mol. The lowest BCUT2D eigenvalue weighted by Crippen LogP contribution is -2.65. The lowest BCUT2D eigenvalue weighted by Gasteiger charge is -2.58. The van der Waals surface area contributed by atoms with Gasteiger partial charge in [0.05, 0.1) is 12.9 Å². The Kier molecular flexibility index (Phi) is 4.01. The summed E-state index contributed by atoms with van der Waals surface area (Å²) in [7, 11) is 1.74. The molecule has 4 aliphatic carbocycles. The predicted molar refractivity (Wildman–Crippen MR) is 107 cm³/mol. The third-order valence-corrected chi connectivity index (χ3v) is 9.69. The molecule has 0 amide bonds. The van der Waals surface area contributed by atoms with Gasteiger partial charge in [-0.2, -0.15) is 0 Å². The second kappa shape index (κ2) is 6.18. The van der Waals surface area contributed by atoms with Gasteiger partial charge in [-0.3, -0.25) is 4.79 Å². The van der Waals surface area contributed by atoms with Gasteiger partial charge in [0.2, 0.25) is 5.79 Å². The van der Waals surface area contributed by atoms with Crippen LogP contribution in [0.5, 0.6) is 0 Å².